The predicted octanol–water partition coefficient (Wildman–Crippen LogP) is 0.793. The summed E-state index contributed by atoms with van der Waals surface area (Å²) in [5, 5.41) is 11.2. The summed E-state index contributed by atoms with van der Waals surface area (Å²) in [6.07, 6.45) is 0. The number of ether oxygens (including phenoxy) is 1. The van der Waals surface area contributed by atoms with E-state index in [-0.39, 0.29) is 13.2 Å². The molecule has 1 aliphatic heterocycles. The number of hydrogen-bond acceptors (Lipinski definition) is 5. The van der Waals surface area contributed by atoms with Crippen LogP contribution < -0.4 is 10.8 Å². The van der Waals surface area contributed by atoms with Gasteiger partial charge in [-0.05, 0) is 12.0 Å². The van der Waals surface area contributed by atoms with Gasteiger partial charge in [0, 0.05) is 5.56 Å². The van der Waals surface area contributed by atoms with Gasteiger partial charge in [-0.15, -0.1) is 0 Å². The van der Waals surface area contributed by atoms with E-state index in [1.807, 2.05) is 0 Å². The molecular weight excluding hydrogens is 333 g/mol. The summed E-state index contributed by atoms with van der Waals surface area (Å²) in [7, 11) is 0. The minimum Gasteiger partial charge on any atom is -0.374 e. The Bertz CT molecular complexity index is 667. The van der Waals surface area contributed by atoms with Crippen molar-refractivity contribution in [3.63, 3.8) is 0 Å². The van der Waals surface area contributed by atoms with Gasteiger partial charge in [-0.1, -0.05) is 32.0 Å². The molecule has 136 valence electrons. The molecule has 1 aromatic rings. The van der Waals surface area contributed by atoms with Gasteiger partial charge in [0.15, 0.2) is 0 Å². The van der Waals surface area contributed by atoms with Crippen LogP contribution in [0, 0.1) is 11.7 Å². The van der Waals surface area contributed by atoms with Gasteiger partial charge in [-0.2, -0.15) is 0 Å². The highest BCUT2D eigenvalue weighted by molar-refractivity contribution is 6.07. The lowest BCUT2D eigenvalue weighted by Gasteiger charge is -2.26. The Morgan fingerprint density at radius 2 is 2.08 bits per heavy atom. The van der Waals surface area contributed by atoms with Gasteiger partial charge in [0.1, 0.15) is 17.9 Å². The Labute approximate surface area is 143 Å². The zero-order valence-electron chi connectivity index (χ0n) is 13.9. The zero-order chi connectivity index (χ0) is 18.6. The van der Waals surface area contributed by atoms with E-state index in [1.54, 1.807) is 32.0 Å². The largest absolute Gasteiger partial charge is 0.374 e. The molecule has 1 saturated heterocycles. The second-order valence-electron chi connectivity index (χ2n) is 5.98. The molecule has 0 bridgehead atoms. The molecule has 0 aromatic heterocycles. The Morgan fingerprint density at radius 3 is 2.68 bits per heavy atom. The molecule has 3 N–H and O–H groups in total. The summed E-state index contributed by atoms with van der Waals surface area (Å²) in [6, 6.07) is 3.19. The van der Waals surface area contributed by atoms with Crippen LogP contribution in [0.2, 0.25) is 0 Å². The first-order valence-corrected chi connectivity index (χ1v) is 7.75. The van der Waals surface area contributed by atoms with Gasteiger partial charge in [-0.25, -0.2) is 19.6 Å². The quantitative estimate of drug-likeness (QED) is 0.382. The number of hydroxylamine groups is 1. The van der Waals surface area contributed by atoms with Crippen molar-refractivity contribution in [2.45, 2.75) is 32.5 Å². The molecular formula is C16H20FN3O5. The van der Waals surface area contributed by atoms with Crippen LogP contribution in [0.3, 0.4) is 0 Å². The first-order valence-electron chi connectivity index (χ1n) is 7.75. The fourth-order valence-corrected chi connectivity index (χ4v) is 2.61. The first kappa shape index (κ1) is 18.8. The maximum absolute atomic E-state index is 13.5. The van der Waals surface area contributed by atoms with Crippen molar-refractivity contribution in [3.8, 4) is 0 Å². The number of imide groups is 1. The lowest BCUT2D eigenvalue weighted by atomic mass is 10.0. The third kappa shape index (κ3) is 4.12. The topological polar surface area (TPSA) is 108 Å². The third-order valence-corrected chi connectivity index (χ3v) is 3.84. The number of benzene rings is 1. The molecule has 8 nitrogen and oxygen atoms in total. The SMILES string of the molecule is CC(C)C(C(=O)NO)N1C(=O)NC(COCc2ccccc2F)C1=O. The van der Waals surface area contributed by atoms with E-state index in [1.165, 1.54) is 11.5 Å². The highest BCUT2D eigenvalue weighted by Gasteiger charge is 2.45. The van der Waals surface area contributed by atoms with Crippen molar-refractivity contribution < 1.29 is 28.7 Å². The Kier molecular flexibility index (Phi) is 6.05. The van der Waals surface area contributed by atoms with Crippen molar-refractivity contribution >= 4 is 17.8 Å². The average Bonchev–Trinajstić information content (AvgIpc) is 2.84. The van der Waals surface area contributed by atoms with E-state index >= 15 is 0 Å². The van der Waals surface area contributed by atoms with Gasteiger partial charge >= 0.3 is 6.03 Å². The monoisotopic (exact) mass is 353 g/mol. The lowest BCUT2D eigenvalue weighted by molar-refractivity contribution is -0.142. The number of amides is 4. The molecule has 2 unspecified atom stereocenters. The second-order valence-corrected chi connectivity index (χ2v) is 5.98. The summed E-state index contributed by atoms with van der Waals surface area (Å²) in [6.45, 7) is 3.06. The number of hydrogen-bond donors (Lipinski definition) is 3. The minimum absolute atomic E-state index is 0.0585. The maximum Gasteiger partial charge on any atom is 0.325 e. The zero-order valence-corrected chi connectivity index (χ0v) is 13.9. The van der Waals surface area contributed by atoms with Gasteiger partial charge in [0.05, 0.1) is 13.2 Å². The Hall–Kier alpha value is -2.52. The number of nitrogens with one attached hydrogen (secondary N) is 2. The highest BCUT2D eigenvalue weighted by atomic mass is 19.1. The fraction of sp³-hybridized carbons (Fsp3) is 0.438. The molecule has 1 aromatic carbocycles. The molecule has 2 atom stereocenters. The lowest BCUT2D eigenvalue weighted by Crippen LogP contribution is -2.52. The summed E-state index contributed by atoms with van der Waals surface area (Å²) in [5.74, 6) is -2.32. The van der Waals surface area contributed by atoms with Gasteiger partial charge in [-0.3, -0.25) is 14.8 Å². The van der Waals surface area contributed by atoms with E-state index in [0.29, 0.717) is 5.56 Å². The van der Waals surface area contributed by atoms with Crippen molar-refractivity contribution in [2.75, 3.05) is 6.61 Å². The van der Waals surface area contributed by atoms with E-state index in [4.69, 9.17) is 9.94 Å². The molecule has 2 rings (SSSR count). The second kappa shape index (κ2) is 8.04. The molecule has 4 amide bonds. The average molecular weight is 353 g/mol. The number of halogens is 1. The molecule has 0 aliphatic carbocycles. The number of nitrogens with zero attached hydrogens (tertiary/aromatic N) is 1. The number of urea groups is 1. The van der Waals surface area contributed by atoms with Crippen molar-refractivity contribution in [1.82, 2.24) is 15.7 Å². The number of carbonyl (C=O) groups excluding carboxylic acids is 3. The number of carbonyl (C=O) groups is 3. The summed E-state index contributed by atoms with van der Waals surface area (Å²) >= 11 is 0. The van der Waals surface area contributed by atoms with Crippen LogP contribution in [-0.2, 0) is 20.9 Å². The van der Waals surface area contributed by atoms with E-state index in [9.17, 15) is 18.8 Å². The van der Waals surface area contributed by atoms with Crippen LogP contribution in [0.5, 0.6) is 0 Å². The molecule has 1 heterocycles. The Morgan fingerprint density at radius 1 is 1.40 bits per heavy atom. The van der Waals surface area contributed by atoms with Crippen LogP contribution in [0.4, 0.5) is 9.18 Å². The standard InChI is InChI=1S/C16H20FN3O5/c1-9(2)13(14(21)19-24)20-15(22)12(18-16(20)23)8-25-7-10-5-3-4-6-11(10)17/h3-6,9,12-13,24H,7-8H2,1-2H3,(H,18,23)(H,19,21). The Balaban J connectivity index is 2.00. The molecule has 1 aliphatic rings. The fourth-order valence-electron chi connectivity index (χ4n) is 2.61. The minimum atomic E-state index is -1.14. The van der Waals surface area contributed by atoms with E-state index in [0.717, 1.165) is 4.90 Å². The summed E-state index contributed by atoms with van der Waals surface area (Å²) in [5.41, 5.74) is 1.79. The van der Waals surface area contributed by atoms with Gasteiger partial charge in [0.2, 0.25) is 0 Å². The molecule has 1 fully saturated rings. The summed E-state index contributed by atoms with van der Waals surface area (Å²) < 4.78 is 18.8. The molecule has 25 heavy (non-hydrogen) atoms. The predicted molar refractivity (Wildman–Crippen MR) is 83.8 cm³/mol. The van der Waals surface area contributed by atoms with Crippen molar-refractivity contribution in [3.05, 3.63) is 35.6 Å². The van der Waals surface area contributed by atoms with Crippen LogP contribution in [-0.4, -0.2) is 46.6 Å². The van der Waals surface area contributed by atoms with Crippen molar-refractivity contribution in [1.29, 1.82) is 0 Å². The highest BCUT2D eigenvalue weighted by Crippen LogP contribution is 2.18. The van der Waals surface area contributed by atoms with E-state index in [2.05, 4.69) is 5.32 Å². The third-order valence-electron chi connectivity index (χ3n) is 3.84. The molecule has 9 heteroatoms. The van der Waals surface area contributed by atoms with Gasteiger partial charge < -0.3 is 10.1 Å². The van der Waals surface area contributed by atoms with Crippen LogP contribution in [0.15, 0.2) is 24.3 Å². The van der Waals surface area contributed by atoms with Crippen LogP contribution in [0.25, 0.3) is 0 Å². The first-order chi connectivity index (χ1) is 11.9. The molecule has 0 saturated carbocycles. The van der Waals surface area contributed by atoms with E-state index < -0.39 is 41.7 Å². The number of rotatable bonds is 7. The van der Waals surface area contributed by atoms with Gasteiger partial charge in [0.25, 0.3) is 11.8 Å². The van der Waals surface area contributed by atoms with Crippen LogP contribution >= 0.6 is 0 Å². The smallest absolute Gasteiger partial charge is 0.325 e. The molecule has 0 radical (unpaired) electrons. The van der Waals surface area contributed by atoms with Crippen LogP contribution in [0.1, 0.15) is 19.4 Å². The van der Waals surface area contributed by atoms with Crippen molar-refractivity contribution in [2.24, 2.45) is 5.92 Å². The molecule has 0 spiro atoms. The normalized spacial score (nSPS) is 18.4. The maximum atomic E-state index is 13.5. The summed E-state index contributed by atoms with van der Waals surface area (Å²) in [4.78, 5) is 37.0.